The number of ether oxygens (including phenoxy) is 1. The number of methoxy groups -OCH3 is 1. The van der Waals surface area contributed by atoms with Gasteiger partial charge in [0.05, 0.1) is 23.6 Å². The molecule has 0 spiro atoms. The maximum atomic E-state index is 13.3. The molecule has 1 amide bonds. The molecule has 184 valence electrons. The minimum atomic E-state index is -4.50. The zero-order valence-corrected chi connectivity index (χ0v) is 19.5. The van der Waals surface area contributed by atoms with Gasteiger partial charge in [-0.15, -0.1) is 0 Å². The van der Waals surface area contributed by atoms with Crippen LogP contribution in [0.4, 0.5) is 13.2 Å². The average Bonchev–Trinajstić information content (AvgIpc) is 3.28. The van der Waals surface area contributed by atoms with Crippen molar-refractivity contribution in [3.63, 3.8) is 0 Å². The van der Waals surface area contributed by atoms with Crippen molar-refractivity contribution in [1.29, 1.82) is 0 Å². The van der Waals surface area contributed by atoms with E-state index in [1.165, 1.54) is 23.5 Å². The van der Waals surface area contributed by atoms with E-state index in [9.17, 15) is 26.4 Å². The fraction of sp³-hybridized carbons (Fsp3) is 0.240. The lowest BCUT2D eigenvalue weighted by Gasteiger charge is -2.20. The highest BCUT2D eigenvalue weighted by atomic mass is 32.2. The lowest BCUT2D eigenvalue weighted by atomic mass is 9.94. The third kappa shape index (κ3) is 5.33. The number of hydrogen-bond acceptors (Lipinski definition) is 4. The lowest BCUT2D eigenvalue weighted by Crippen LogP contribution is -2.40. The summed E-state index contributed by atoms with van der Waals surface area (Å²) in [4.78, 5) is 13.0. The summed E-state index contributed by atoms with van der Waals surface area (Å²) < 4.78 is 71.6. The van der Waals surface area contributed by atoms with Crippen LogP contribution in [-0.2, 0) is 16.2 Å². The Morgan fingerprint density at radius 3 is 2.14 bits per heavy atom. The fourth-order valence-electron chi connectivity index (χ4n) is 4.11. The van der Waals surface area contributed by atoms with Crippen molar-refractivity contribution in [2.75, 3.05) is 20.2 Å². The normalized spacial score (nSPS) is 18.9. The standard InChI is InChI=1S/C25H23F3N2O4S/c1-34-20-11-13-21(14-12-20)35(32,33)30-15-22(17-5-3-2-4-6-17)23(16-30)29-24(31)18-7-9-19(10-8-18)25(26,27)28/h2-14,22-23H,15-16H2,1H3,(H,29,31)/t22-,23+/m1/s1. The monoisotopic (exact) mass is 504 g/mol. The number of hydrogen-bond donors (Lipinski definition) is 1. The Bertz CT molecular complexity index is 1280. The molecule has 1 aliphatic rings. The van der Waals surface area contributed by atoms with Crippen LogP contribution in [0.2, 0.25) is 0 Å². The first-order chi connectivity index (χ1) is 16.6. The van der Waals surface area contributed by atoms with Crippen molar-refractivity contribution in [1.82, 2.24) is 9.62 Å². The highest BCUT2D eigenvalue weighted by Crippen LogP contribution is 2.33. The number of halogens is 3. The van der Waals surface area contributed by atoms with Crippen LogP contribution in [0.3, 0.4) is 0 Å². The number of benzene rings is 3. The molecule has 35 heavy (non-hydrogen) atoms. The van der Waals surface area contributed by atoms with Crippen LogP contribution in [0.15, 0.2) is 83.8 Å². The first-order valence-corrected chi connectivity index (χ1v) is 12.2. The third-order valence-corrected chi connectivity index (χ3v) is 7.85. The number of amides is 1. The van der Waals surface area contributed by atoms with Crippen molar-refractivity contribution < 1.29 is 31.1 Å². The first-order valence-electron chi connectivity index (χ1n) is 10.8. The number of sulfonamides is 1. The molecule has 10 heteroatoms. The van der Waals surface area contributed by atoms with E-state index in [-0.39, 0.29) is 29.5 Å². The highest BCUT2D eigenvalue weighted by molar-refractivity contribution is 7.89. The molecule has 0 aromatic heterocycles. The molecule has 4 rings (SSSR count). The van der Waals surface area contributed by atoms with Crippen molar-refractivity contribution in [2.24, 2.45) is 0 Å². The minimum absolute atomic E-state index is 0.0142. The second-order valence-corrected chi connectivity index (χ2v) is 10.1. The summed E-state index contributed by atoms with van der Waals surface area (Å²) in [6.07, 6.45) is -4.50. The Kier molecular flexibility index (Phi) is 6.86. The maximum Gasteiger partial charge on any atom is 0.416 e. The quantitative estimate of drug-likeness (QED) is 0.543. The van der Waals surface area contributed by atoms with Gasteiger partial charge in [-0.2, -0.15) is 17.5 Å². The molecule has 6 nitrogen and oxygen atoms in total. The van der Waals surface area contributed by atoms with Gasteiger partial charge in [0.1, 0.15) is 5.75 Å². The maximum absolute atomic E-state index is 13.3. The van der Waals surface area contributed by atoms with Gasteiger partial charge in [-0.05, 0) is 54.1 Å². The van der Waals surface area contributed by atoms with E-state index in [0.717, 1.165) is 29.8 Å². The second kappa shape index (κ2) is 9.71. The molecule has 1 heterocycles. The van der Waals surface area contributed by atoms with Gasteiger partial charge in [0.25, 0.3) is 5.91 Å². The molecular weight excluding hydrogens is 481 g/mol. The number of rotatable bonds is 6. The van der Waals surface area contributed by atoms with Crippen LogP contribution in [0.25, 0.3) is 0 Å². The summed E-state index contributed by atoms with van der Waals surface area (Å²) in [5.41, 5.74) is 0.0489. The molecular formula is C25H23F3N2O4S. The number of carbonyl (C=O) groups is 1. The topological polar surface area (TPSA) is 75.7 Å². The molecule has 2 atom stereocenters. The average molecular weight is 505 g/mol. The molecule has 1 fully saturated rings. The van der Waals surface area contributed by atoms with Crippen LogP contribution in [0.5, 0.6) is 5.75 Å². The van der Waals surface area contributed by atoms with E-state index < -0.39 is 33.7 Å². The fourth-order valence-corrected chi connectivity index (χ4v) is 5.60. The van der Waals surface area contributed by atoms with Crippen LogP contribution < -0.4 is 10.1 Å². The summed E-state index contributed by atoms with van der Waals surface area (Å²) in [6, 6.07) is 18.5. The Hall–Kier alpha value is -3.37. The van der Waals surface area contributed by atoms with Crippen LogP contribution in [0.1, 0.15) is 27.4 Å². The number of nitrogens with one attached hydrogen (secondary N) is 1. The van der Waals surface area contributed by atoms with E-state index in [1.807, 2.05) is 30.3 Å². The number of carbonyl (C=O) groups excluding carboxylic acids is 1. The van der Waals surface area contributed by atoms with Crippen molar-refractivity contribution >= 4 is 15.9 Å². The Balaban J connectivity index is 1.58. The second-order valence-electron chi connectivity index (χ2n) is 8.17. The molecule has 0 radical (unpaired) electrons. The zero-order chi connectivity index (χ0) is 25.2. The van der Waals surface area contributed by atoms with Gasteiger partial charge in [0, 0.05) is 24.6 Å². The van der Waals surface area contributed by atoms with Crippen molar-refractivity contribution in [3.05, 3.63) is 95.6 Å². The Labute approximate surface area is 201 Å². The summed E-state index contributed by atoms with van der Waals surface area (Å²) in [7, 11) is -2.37. The molecule has 1 saturated heterocycles. The molecule has 0 aliphatic carbocycles. The Morgan fingerprint density at radius 1 is 0.943 bits per heavy atom. The minimum Gasteiger partial charge on any atom is -0.497 e. The smallest absolute Gasteiger partial charge is 0.416 e. The summed E-state index contributed by atoms with van der Waals surface area (Å²) in [6.45, 7) is 0.149. The SMILES string of the molecule is COc1ccc(S(=O)(=O)N2C[C@H](NC(=O)c3ccc(C(F)(F)F)cc3)[C@@H](c3ccccc3)C2)cc1. The van der Waals surface area contributed by atoms with Gasteiger partial charge in [0.2, 0.25) is 10.0 Å². The third-order valence-electron chi connectivity index (χ3n) is 6.00. The molecule has 0 bridgehead atoms. The van der Waals surface area contributed by atoms with Gasteiger partial charge in [-0.25, -0.2) is 8.42 Å². The van der Waals surface area contributed by atoms with E-state index in [2.05, 4.69) is 5.32 Å². The molecule has 3 aromatic carbocycles. The summed E-state index contributed by atoms with van der Waals surface area (Å²) >= 11 is 0. The van der Waals surface area contributed by atoms with Crippen molar-refractivity contribution in [3.8, 4) is 5.75 Å². The largest absolute Gasteiger partial charge is 0.497 e. The highest BCUT2D eigenvalue weighted by Gasteiger charge is 2.41. The van der Waals surface area contributed by atoms with Gasteiger partial charge in [0.15, 0.2) is 0 Å². The molecule has 1 aliphatic heterocycles. The predicted octanol–water partition coefficient (Wildman–Crippen LogP) is 4.30. The molecule has 0 unspecified atom stereocenters. The van der Waals surface area contributed by atoms with E-state index >= 15 is 0 Å². The number of alkyl halides is 3. The van der Waals surface area contributed by atoms with Gasteiger partial charge in [-0.3, -0.25) is 4.79 Å². The first kappa shape index (κ1) is 24.7. The van der Waals surface area contributed by atoms with E-state index in [1.54, 1.807) is 12.1 Å². The summed E-state index contributed by atoms with van der Waals surface area (Å²) in [5.74, 6) is -0.398. The molecule has 0 saturated carbocycles. The number of nitrogens with zero attached hydrogens (tertiary/aromatic N) is 1. The molecule has 1 N–H and O–H groups in total. The van der Waals surface area contributed by atoms with E-state index in [4.69, 9.17) is 4.74 Å². The zero-order valence-electron chi connectivity index (χ0n) is 18.7. The van der Waals surface area contributed by atoms with Crippen molar-refractivity contribution in [2.45, 2.75) is 23.0 Å². The lowest BCUT2D eigenvalue weighted by molar-refractivity contribution is -0.137. The Morgan fingerprint density at radius 2 is 1.57 bits per heavy atom. The van der Waals surface area contributed by atoms with Crippen LogP contribution in [0, 0.1) is 0 Å². The van der Waals surface area contributed by atoms with Gasteiger partial charge >= 0.3 is 6.18 Å². The van der Waals surface area contributed by atoms with Crippen LogP contribution in [-0.4, -0.2) is 44.9 Å². The van der Waals surface area contributed by atoms with Gasteiger partial charge in [-0.1, -0.05) is 30.3 Å². The van der Waals surface area contributed by atoms with Crippen LogP contribution >= 0.6 is 0 Å². The molecule has 3 aromatic rings. The predicted molar refractivity (Wildman–Crippen MR) is 124 cm³/mol. The summed E-state index contributed by atoms with van der Waals surface area (Å²) in [5, 5.41) is 2.83. The van der Waals surface area contributed by atoms with E-state index in [0.29, 0.717) is 5.75 Å². The van der Waals surface area contributed by atoms with Gasteiger partial charge < -0.3 is 10.1 Å².